The van der Waals surface area contributed by atoms with E-state index in [9.17, 15) is 30.3 Å². The number of fused-ring (bicyclic) bond motifs is 5. The Balaban J connectivity index is 1.70. The highest BCUT2D eigenvalue weighted by Gasteiger charge is 2.69. The van der Waals surface area contributed by atoms with Crippen LogP contribution >= 0.6 is 0 Å². The summed E-state index contributed by atoms with van der Waals surface area (Å²) in [7, 11) is 1.68. The summed E-state index contributed by atoms with van der Waals surface area (Å²) < 4.78 is 6.35. The first-order valence-electron chi connectivity index (χ1n) is 13.3. The minimum Gasteiger partial charge on any atom is -0.390 e. The molecule has 0 aliphatic heterocycles. The molecule has 5 unspecified atom stereocenters. The van der Waals surface area contributed by atoms with Crippen molar-refractivity contribution in [2.45, 2.75) is 121 Å². The van der Waals surface area contributed by atoms with Crippen LogP contribution in [0.4, 0.5) is 0 Å². The Hall–Kier alpha value is -0.830. The fourth-order valence-electron chi connectivity index (χ4n) is 8.75. The predicted octanol–water partition coefficient (Wildman–Crippen LogP) is 2.51. The molecule has 0 saturated heterocycles. The molecule has 0 amide bonds. The second kappa shape index (κ2) is 8.60. The normalized spacial score (nSPS) is 46.2. The highest BCUT2D eigenvalue weighted by molar-refractivity contribution is 5.95. The lowest BCUT2D eigenvalue weighted by Gasteiger charge is -2.61. The van der Waals surface area contributed by atoms with E-state index in [0.29, 0.717) is 25.7 Å². The summed E-state index contributed by atoms with van der Waals surface area (Å²) in [5.41, 5.74) is -3.05. The number of carbonyl (C=O) groups excluding carboxylic acids is 1. The molecule has 10 atom stereocenters. The zero-order valence-electron chi connectivity index (χ0n) is 22.3. The third-order valence-corrected chi connectivity index (χ3v) is 10.8. The van der Waals surface area contributed by atoms with Gasteiger partial charge in [-0.2, -0.15) is 0 Å². The highest BCUT2D eigenvalue weighted by atomic mass is 16.5. The van der Waals surface area contributed by atoms with E-state index in [-0.39, 0.29) is 36.4 Å². The molecule has 0 bridgehead atoms. The van der Waals surface area contributed by atoms with Crippen LogP contribution in [0.25, 0.3) is 0 Å². The van der Waals surface area contributed by atoms with Gasteiger partial charge in [0.15, 0.2) is 5.78 Å². The fraction of sp³-hybridized carbons (Fsp3) is 0.893. The van der Waals surface area contributed by atoms with Crippen LogP contribution in [0.1, 0.15) is 86.0 Å². The quantitative estimate of drug-likeness (QED) is 0.384. The van der Waals surface area contributed by atoms with Crippen LogP contribution in [0, 0.1) is 28.6 Å². The van der Waals surface area contributed by atoms with Gasteiger partial charge >= 0.3 is 0 Å². The van der Waals surface area contributed by atoms with Crippen molar-refractivity contribution in [1.29, 1.82) is 0 Å². The summed E-state index contributed by atoms with van der Waals surface area (Å²) in [5, 5.41) is 53.7. The summed E-state index contributed by atoms with van der Waals surface area (Å²) in [4.78, 5) is 13.4. The van der Waals surface area contributed by atoms with Gasteiger partial charge in [-0.1, -0.05) is 13.8 Å². The molecule has 3 saturated carbocycles. The molecule has 0 heterocycles. The smallest absolute Gasteiger partial charge is 0.159 e. The summed E-state index contributed by atoms with van der Waals surface area (Å²) in [6.07, 6.45) is 3.18. The Morgan fingerprint density at radius 2 is 1.74 bits per heavy atom. The maximum Gasteiger partial charge on any atom is 0.159 e. The van der Waals surface area contributed by atoms with Gasteiger partial charge in [-0.05, 0) is 101 Å². The number of methoxy groups -OCH3 is 1. The van der Waals surface area contributed by atoms with Crippen LogP contribution in [0.15, 0.2) is 11.6 Å². The number of carbonyl (C=O) groups is 1. The third-order valence-electron chi connectivity index (χ3n) is 10.8. The Kier molecular flexibility index (Phi) is 6.69. The van der Waals surface area contributed by atoms with Crippen molar-refractivity contribution < 1.29 is 35.1 Å². The van der Waals surface area contributed by atoms with Gasteiger partial charge in [0.25, 0.3) is 0 Å². The highest BCUT2D eigenvalue weighted by Crippen LogP contribution is 2.69. The van der Waals surface area contributed by atoms with Crippen molar-refractivity contribution in [2.24, 2.45) is 28.6 Å². The van der Waals surface area contributed by atoms with Gasteiger partial charge in [-0.15, -0.1) is 0 Å². The summed E-state index contributed by atoms with van der Waals surface area (Å²) in [6, 6.07) is 0. The average molecular weight is 495 g/mol. The Labute approximate surface area is 209 Å². The molecule has 4 aliphatic rings. The molecule has 0 aromatic rings. The van der Waals surface area contributed by atoms with Crippen molar-refractivity contribution in [3.05, 3.63) is 11.6 Å². The number of hydrogen-bond donors (Lipinski definition) is 5. The molecule has 0 radical (unpaired) electrons. The van der Waals surface area contributed by atoms with E-state index in [2.05, 4.69) is 13.8 Å². The lowest BCUT2D eigenvalue weighted by atomic mass is 9.45. The number of ketones is 1. The summed E-state index contributed by atoms with van der Waals surface area (Å²) in [5.74, 6) is -0.542. The largest absolute Gasteiger partial charge is 0.390 e. The molecule has 200 valence electrons. The molecule has 5 N–H and O–H groups in total. The molecule has 35 heavy (non-hydrogen) atoms. The van der Waals surface area contributed by atoms with Crippen LogP contribution in [-0.4, -0.2) is 73.5 Å². The molecular weight excluding hydrogens is 448 g/mol. The average Bonchev–Trinajstić information content (AvgIpc) is 3.07. The maximum atomic E-state index is 13.4. The molecule has 0 aromatic carbocycles. The van der Waals surface area contributed by atoms with Gasteiger partial charge < -0.3 is 30.3 Å². The minimum atomic E-state index is -1.38. The fourth-order valence-corrected chi connectivity index (χ4v) is 8.75. The number of ether oxygens (including phenoxy) is 1. The van der Waals surface area contributed by atoms with E-state index in [1.807, 2.05) is 0 Å². The molecular formula is C28H46O7. The molecule has 3 fully saturated rings. The van der Waals surface area contributed by atoms with Gasteiger partial charge in [0.2, 0.25) is 0 Å². The molecule has 0 spiro atoms. The zero-order chi connectivity index (χ0) is 26.2. The van der Waals surface area contributed by atoms with Gasteiger partial charge in [-0.3, -0.25) is 4.79 Å². The van der Waals surface area contributed by atoms with Crippen LogP contribution in [-0.2, 0) is 9.53 Å². The predicted molar refractivity (Wildman–Crippen MR) is 131 cm³/mol. The Bertz CT molecular complexity index is 875. The molecule has 4 aliphatic carbocycles. The molecule has 4 rings (SSSR count). The van der Waals surface area contributed by atoms with E-state index in [4.69, 9.17) is 4.74 Å². The van der Waals surface area contributed by atoms with Gasteiger partial charge in [-0.25, -0.2) is 0 Å². The lowest BCUT2D eigenvalue weighted by Crippen LogP contribution is -2.63. The summed E-state index contributed by atoms with van der Waals surface area (Å²) >= 11 is 0. The number of aliphatic hydroxyl groups excluding tert-OH is 3. The zero-order valence-corrected chi connectivity index (χ0v) is 22.3. The van der Waals surface area contributed by atoms with Crippen molar-refractivity contribution in [3.63, 3.8) is 0 Å². The van der Waals surface area contributed by atoms with E-state index < -0.39 is 45.9 Å². The SMILES string of the molecule is CO[C@@]12CCC([C@@](C)(O)[C@H](O)CCC(C)(C)O)C1(C)CCC1C2=CC(=O)C2C[C@@H](O)[C@@H](O)CC21C. The van der Waals surface area contributed by atoms with Crippen LogP contribution < -0.4 is 0 Å². The number of aliphatic hydroxyl groups is 5. The van der Waals surface area contributed by atoms with Crippen molar-refractivity contribution >= 4 is 5.78 Å². The third kappa shape index (κ3) is 3.96. The topological polar surface area (TPSA) is 127 Å². The minimum absolute atomic E-state index is 0.00852. The molecule has 7 heteroatoms. The first-order valence-corrected chi connectivity index (χ1v) is 13.3. The number of allylic oxidation sites excluding steroid dienone is 1. The van der Waals surface area contributed by atoms with Crippen LogP contribution in [0.3, 0.4) is 0 Å². The standard InChI is InChI=1S/C28H46O7/c1-24(2,33)10-9-23(32)27(5,34)22-8-12-28(35-6)17-13-19(29)18-14-20(30)21(31)15-25(18,3)16(17)7-11-26(22,28)4/h13,16,18,20-23,30-34H,7-12,14-15H2,1-6H3/t16?,18?,20-,21+,22?,23-,25?,26?,27-,28-/m1/s1. The lowest BCUT2D eigenvalue weighted by molar-refractivity contribution is -0.183. The van der Waals surface area contributed by atoms with Gasteiger partial charge in [0, 0.05) is 18.4 Å². The first-order chi connectivity index (χ1) is 16.0. The van der Waals surface area contributed by atoms with Crippen LogP contribution in [0.5, 0.6) is 0 Å². The van der Waals surface area contributed by atoms with Crippen molar-refractivity contribution in [2.75, 3.05) is 7.11 Å². The summed E-state index contributed by atoms with van der Waals surface area (Å²) in [6.45, 7) is 9.30. The second-order valence-electron chi connectivity index (χ2n) is 13.4. The van der Waals surface area contributed by atoms with Crippen LogP contribution in [0.2, 0.25) is 0 Å². The monoisotopic (exact) mass is 494 g/mol. The van der Waals surface area contributed by atoms with E-state index in [1.165, 1.54) is 0 Å². The first kappa shape index (κ1) is 27.2. The maximum absolute atomic E-state index is 13.4. The van der Waals surface area contributed by atoms with E-state index in [0.717, 1.165) is 18.4 Å². The number of hydrogen-bond acceptors (Lipinski definition) is 7. The van der Waals surface area contributed by atoms with Crippen molar-refractivity contribution in [3.8, 4) is 0 Å². The van der Waals surface area contributed by atoms with Gasteiger partial charge in [0.05, 0.1) is 35.1 Å². The molecule has 0 aromatic heterocycles. The van der Waals surface area contributed by atoms with Gasteiger partial charge in [0.1, 0.15) is 0 Å². The number of rotatable bonds is 6. The van der Waals surface area contributed by atoms with Crippen molar-refractivity contribution in [1.82, 2.24) is 0 Å². The van der Waals surface area contributed by atoms with E-state index in [1.54, 1.807) is 34.0 Å². The Morgan fingerprint density at radius 3 is 2.34 bits per heavy atom. The van der Waals surface area contributed by atoms with E-state index >= 15 is 0 Å². The molecule has 7 nitrogen and oxygen atoms in total. The second-order valence-corrected chi connectivity index (χ2v) is 13.4. The Morgan fingerprint density at radius 1 is 1.09 bits per heavy atom.